The maximum atomic E-state index is 12.0. The van der Waals surface area contributed by atoms with Gasteiger partial charge in [-0.3, -0.25) is 0 Å². The lowest BCUT2D eigenvalue weighted by atomic mass is 10.3. The van der Waals surface area contributed by atoms with E-state index in [1.807, 2.05) is 11.4 Å². The number of benzene rings is 1. The minimum atomic E-state index is -0.205. The molecule has 0 bridgehead atoms. The molecular formula is C14H15ClN4OS. The van der Waals surface area contributed by atoms with Gasteiger partial charge in [-0.05, 0) is 24.6 Å². The predicted octanol–water partition coefficient (Wildman–Crippen LogP) is 3.20. The number of carbonyl (C=O) groups is 1. The number of amides is 2. The van der Waals surface area contributed by atoms with Crippen molar-refractivity contribution in [1.29, 1.82) is 0 Å². The molecule has 1 aromatic carbocycles. The predicted molar refractivity (Wildman–Crippen MR) is 86.3 cm³/mol. The van der Waals surface area contributed by atoms with E-state index in [1.165, 1.54) is 0 Å². The Labute approximate surface area is 131 Å². The van der Waals surface area contributed by atoms with Crippen LogP contribution in [0.15, 0.2) is 35.8 Å². The Kier molecular flexibility index (Phi) is 4.26. The first-order valence-electron chi connectivity index (χ1n) is 6.68. The summed E-state index contributed by atoms with van der Waals surface area (Å²) in [6.45, 7) is 1.70. The van der Waals surface area contributed by atoms with Gasteiger partial charge in [-0.15, -0.1) is 11.3 Å². The van der Waals surface area contributed by atoms with E-state index in [0.717, 1.165) is 24.6 Å². The molecule has 0 saturated carbocycles. The van der Waals surface area contributed by atoms with Crippen LogP contribution in [0.25, 0.3) is 0 Å². The summed E-state index contributed by atoms with van der Waals surface area (Å²) in [5.74, 6) is 0. The van der Waals surface area contributed by atoms with Crippen LogP contribution < -0.4 is 15.5 Å². The molecule has 1 unspecified atom stereocenters. The molecule has 1 fully saturated rings. The summed E-state index contributed by atoms with van der Waals surface area (Å²) in [7, 11) is 0. The fourth-order valence-electron chi connectivity index (χ4n) is 2.34. The highest BCUT2D eigenvalue weighted by molar-refractivity contribution is 7.13. The third-order valence-corrected chi connectivity index (χ3v) is 4.36. The van der Waals surface area contributed by atoms with E-state index in [9.17, 15) is 4.79 Å². The van der Waals surface area contributed by atoms with Gasteiger partial charge in [-0.2, -0.15) is 0 Å². The third kappa shape index (κ3) is 3.65. The average Bonchev–Trinajstić information content (AvgIpc) is 3.08. The number of carbonyl (C=O) groups excluding carboxylic acids is 1. The smallest absolute Gasteiger partial charge is 0.319 e. The summed E-state index contributed by atoms with van der Waals surface area (Å²) in [4.78, 5) is 18.5. The molecule has 0 radical (unpaired) electrons. The Morgan fingerprint density at radius 2 is 2.38 bits per heavy atom. The van der Waals surface area contributed by atoms with Crippen molar-refractivity contribution in [2.45, 2.75) is 12.5 Å². The highest BCUT2D eigenvalue weighted by Crippen LogP contribution is 2.22. The standard InChI is InChI=1S/C14H15ClN4OS/c15-10-2-1-3-11(8-10)17-13(20)18-12-4-6-19(9-12)14-16-5-7-21-14/h1-3,5,7-8,12H,4,6,9H2,(H2,17,18,20). The molecule has 1 aliphatic heterocycles. The van der Waals surface area contributed by atoms with E-state index >= 15 is 0 Å². The van der Waals surface area contributed by atoms with Gasteiger partial charge in [-0.25, -0.2) is 9.78 Å². The first-order chi connectivity index (χ1) is 10.2. The van der Waals surface area contributed by atoms with Crippen LogP contribution >= 0.6 is 22.9 Å². The number of halogens is 1. The maximum absolute atomic E-state index is 12.0. The molecule has 3 rings (SSSR count). The van der Waals surface area contributed by atoms with Crippen molar-refractivity contribution in [3.63, 3.8) is 0 Å². The highest BCUT2D eigenvalue weighted by atomic mass is 35.5. The Hall–Kier alpha value is -1.79. The Balaban J connectivity index is 1.52. The van der Waals surface area contributed by atoms with Crippen molar-refractivity contribution < 1.29 is 4.79 Å². The number of thiazole rings is 1. The van der Waals surface area contributed by atoms with Gasteiger partial charge in [0.05, 0.1) is 0 Å². The first-order valence-corrected chi connectivity index (χ1v) is 7.94. The number of hydrogen-bond donors (Lipinski definition) is 2. The van der Waals surface area contributed by atoms with Crippen LogP contribution in [0.5, 0.6) is 0 Å². The molecule has 21 heavy (non-hydrogen) atoms. The van der Waals surface area contributed by atoms with E-state index in [-0.39, 0.29) is 12.1 Å². The molecule has 5 nitrogen and oxygen atoms in total. The molecule has 1 saturated heterocycles. The third-order valence-electron chi connectivity index (χ3n) is 3.30. The zero-order valence-corrected chi connectivity index (χ0v) is 12.8. The van der Waals surface area contributed by atoms with E-state index in [0.29, 0.717) is 10.7 Å². The number of urea groups is 1. The van der Waals surface area contributed by atoms with E-state index in [4.69, 9.17) is 11.6 Å². The lowest BCUT2D eigenvalue weighted by Gasteiger charge is -2.16. The van der Waals surface area contributed by atoms with Crippen molar-refractivity contribution >= 4 is 39.8 Å². The number of hydrogen-bond acceptors (Lipinski definition) is 4. The van der Waals surface area contributed by atoms with Gasteiger partial charge in [0.1, 0.15) is 0 Å². The van der Waals surface area contributed by atoms with E-state index in [1.54, 1.807) is 35.7 Å². The number of aromatic nitrogens is 1. The maximum Gasteiger partial charge on any atom is 0.319 e. The molecule has 0 aliphatic carbocycles. The van der Waals surface area contributed by atoms with E-state index < -0.39 is 0 Å². The molecular weight excluding hydrogens is 308 g/mol. The van der Waals surface area contributed by atoms with Crippen molar-refractivity contribution in [2.75, 3.05) is 23.3 Å². The number of anilines is 2. The molecule has 2 heterocycles. The molecule has 110 valence electrons. The zero-order valence-electron chi connectivity index (χ0n) is 11.3. The van der Waals surface area contributed by atoms with E-state index in [2.05, 4.69) is 20.5 Å². The molecule has 0 spiro atoms. The van der Waals surface area contributed by atoms with Crippen molar-refractivity contribution in [1.82, 2.24) is 10.3 Å². The normalized spacial score (nSPS) is 17.8. The van der Waals surface area contributed by atoms with Crippen LogP contribution in [-0.2, 0) is 0 Å². The van der Waals surface area contributed by atoms with Gasteiger partial charge < -0.3 is 15.5 Å². The van der Waals surface area contributed by atoms with Gasteiger partial charge in [0.25, 0.3) is 0 Å². The van der Waals surface area contributed by atoms with Gasteiger partial charge in [0, 0.05) is 41.4 Å². The van der Waals surface area contributed by atoms with Crippen LogP contribution in [0.4, 0.5) is 15.6 Å². The minimum absolute atomic E-state index is 0.132. The second-order valence-corrected chi connectivity index (χ2v) is 6.16. The van der Waals surface area contributed by atoms with Crippen molar-refractivity contribution in [2.24, 2.45) is 0 Å². The topological polar surface area (TPSA) is 57.3 Å². The number of nitrogens with zero attached hydrogens (tertiary/aromatic N) is 2. The summed E-state index contributed by atoms with van der Waals surface area (Å²) in [6.07, 6.45) is 2.72. The summed E-state index contributed by atoms with van der Waals surface area (Å²) >= 11 is 7.51. The first kappa shape index (κ1) is 14.2. The summed E-state index contributed by atoms with van der Waals surface area (Å²) in [5.41, 5.74) is 0.690. The van der Waals surface area contributed by atoms with Crippen LogP contribution in [0.1, 0.15) is 6.42 Å². The molecule has 2 aromatic rings. The second-order valence-electron chi connectivity index (χ2n) is 4.86. The van der Waals surface area contributed by atoms with Gasteiger partial charge >= 0.3 is 6.03 Å². The number of rotatable bonds is 3. The Morgan fingerprint density at radius 3 is 3.14 bits per heavy atom. The second kappa shape index (κ2) is 6.32. The fourth-order valence-corrected chi connectivity index (χ4v) is 3.21. The van der Waals surface area contributed by atoms with Gasteiger partial charge in [0.2, 0.25) is 0 Å². The minimum Gasteiger partial charge on any atom is -0.346 e. The average molecular weight is 323 g/mol. The molecule has 1 aliphatic rings. The van der Waals surface area contributed by atoms with Crippen LogP contribution in [0.3, 0.4) is 0 Å². The Bertz CT molecular complexity index is 619. The van der Waals surface area contributed by atoms with Crippen molar-refractivity contribution in [3.05, 3.63) is 40.9 Å². The van der Waals surface area contributed by atoms with Gasteiger partial charge in [-0.1, -0.05) is 17.7 Å². The molecule has 1 aromatic heterocycles. The molecule has 1 atom stereocenters. The largest absolute Gasteiger partial charge is 0.346 e. The monoisotopic (exact) mass is 322 g/mol. The van der Waals surface area contributed by atoms with Crippen LogP contribution in [-0.4, -0.2) is 30.1 Å². The molecule has 2 N–H and O–H groups in total. The summed E-state index contributed by atoms with van der Waals surface area (Å²) in [6, 6.07) is 7.03. The SMILES string of the molecule is O=C(Nc1cccc(Cl)c1)NC1CCN(c2nccs2)C1. The van der Waals surface area contributed by atoms with Gasteiger partial charge in [0.15, 0.2) is 5.13 Å². The lowest BCUT2D eigenvalue weighted by molar-refractivity contribution is 0.249. The van der Waals surface area contributed by atoms with Crippen LogP contribution in [0, 0.1) is 0 Å². The molecule has 2 amide bonds. The number of nitrogens with one attached hydrogen (secondary N) is 2. The highest BCUT2D eigenvalue weighted by Gasteiger charge is 2.25. The Morgan fingerprint density at radius 1 is 1.48 bits per heavy atom. The van der Waals surface area contributed by atoms with Crippen LogP contribution in [0.2, 0.25) is 5.02 Å². The molecule has 7 heteroatoms. The summed E-state index contributed by atoms with van der Waals surface area (Å²) in [5, 5.41) is 9.34. The lowest BCUT2D eigenvalue weighted by Crippen LogP contribution is -2.39. The van der Waals surface area contributed by atoms with Crippen molar-refractivity contribution in [3.8, 4) is 0 Å². The summed E-state index contributed by atoms with van der Waals surface area (Å²) < 4.78 is 0. The fraction of sp³-hybridized carbons (Fsp3) is 0.286. The zero-order chi connectivity index (χ0) is 14.7. The quantitative estimate of drug-likeness (QED) is 0.912.